The van der Waals surface area contributed by atoms with Crippen molar-refractivity contribution in [3.05, 3.63) is 60.3 Å². The number of rotatable bonds is 1. The summed E-state index contributed by atoms with van der Waals surface area (Å²) < 4.78 is 0. The molecule has 18 heavy (non-hydrogen) atoms. The number of aromatic hydroxyl groups is 1. The molecule has 0 saturated carbocycles. The van der Waals surface area contributed by atoms with Crippen LogP contribution in [0, 0.1) is 6.92 Å². The first-order chi connectivity index (χ1) is 8.74. The van der Waals surface area contributed by atoms with E-state index in [1.54, 1.807) is 12.1 Å². The number of nitrogens with zero attached hydrogens (tertiary/aromatic N) is 1. The molecule has 0 saturated heterocycles. The van der Waals surface area contributed by atoms with E-state index in [-0.39, 0.29) is 5.75 Å². The van der Waals surface area contributed by atoms with Crippen molar-refractivity contribution >= 4 is 10.9 Å². The maximum absolute atomic E-state index is 9.54. The molecule has 0 spiro atoms. The molecule has 0 atom stereocenters. The van der Waals surface area contributed by atoms with Gasteiger partial charge in [-0.2, -0.15) is 0 Å². The topological polar surface area (TPSA) is 33.1 Å². The van der Waals surface area contributed by atoms with Crippen LogP contribution in [0.5, 0.6) is 5.75 Å². The maximum Gasteiger partial charge on any atom is 0.117 e. The van der Waals surface area contributed by atoms with Crippen molar-refractivity contribution in [3.63, 3.8) is 0 Å². The molecule has 1 aromatic heterocycles. The molecule has 0 radical (unpaired) electrons. The summed E-state index contributed by atoms with van der Waals surface area (Å²) in [6, 6.07) is 17.6. The highest BCUT2D eigenvalue weighted by Crippen LogP contribution is 2.30. The molecule has 2 aromatic carbocycles. The molecule has 1 N–H and O–H groups in total. The van der Waals surface area contributed by atoms with Gasteiger partial charge in [0.1, 0.15) is 5.75 Å². The highest BCUT2D eigenvalue weighted by atomic mass is 16.3. The van der Waals surface area contributed by atoms with Crippen LogP contribution < -0.4 is 0 Å². The molecular formula is C16H13NO. The predicted octanol–water partition coefficient (Wildman–Crippen LogP) is 3.92. The summed E-state index contributed by atoms with van der Waals surface area (Å²) in [7, 11) is 0. The Morgan fingerprint density at radius 1 is 0.944 bits per heavy atom. The van der Waals surface area contributed by atoms with E-state index < -0.39 is 0 Å². The lowest BCUT2D eigenvalue weighted by Crippen LogP contribution is -1.88. The van der Waals surface area contributed by atoms with Gasteiger partial charge in [0.25, 0.3) is 0 Å². The summed E-state index contributed by atoms with van der Waals surface area (Å²) in [6.45, 7) is 1.97. The third-order valence-electron chi connectivity index (χ3n) is 3.01. The number of aryl methyl sites for hydroxylation is 1. The van der Waals surface area contributed by atoms with Crippen LogP contribution in [0.4, 0.5) is 0 Å². The standard InChI is InChI=1S/C16H13NO/c1-11-9-15(12-5-3-2-4-6-12)14-8-7-13(18)10-16(14)17-11/h2-10,18H,1H3. The van der Waals surface area contributed by atoms with E-state index >= 15 is 0 Å². The van der Waals surface area contributed by atoms with Crippen LogP contribution in [-0.2, 0) is 0 Å². The van der Waals surface area contributed by atoms with Gasteiger partial charge in [-0.05, 0) is 36.2 Å². The third kappa shape index (κ3) is 1.82. The van der Waals surface area contributed by atoms with Gasteiger partial charge in [-0.1, -0.05) is 30.3 Å². The Labute approximate surface area is 106 Å². The van der Waals surface area contributed by atoms with Gasteiger partial charge in [-0.25, -0.2) is 0 Å². The van der Waals surface area contributed by atoms with Crippen molar-refractivity contribution in [1.82, 2.24) is 4.98 Å². The first kappa shape index (κ1) is 10.8. The van der Waals surface area contributed by atoms with Gasteiger partial charge in [0.05, 0.1) is 5.52 Å². The van der Waals surface area contributed by atoms with Crippen LogP contribution >= 0.6 is 0 Å². The minimum Gasteiger partial charge on any atom is -0.508 e. The lowest BCUT2D eigenvalue weighted by molar-refractivity contribution is 0.476. The zero-order valence-corrected chi connectivity index (χ0v) is 10.1. The number of hydrogen-bond acceptors (Lipinski definition) is 2. The van der Waals surface area contributed by atoms with Crippen molar-refractivity contribution in [2.45, 2.75) is 6.92 Å². The number of phenolic OH excluding ortho intramolecular Hbond substituents is 1. The molecule has 2 nitrogen and oxygen atoms in total. The molecule has 2 heteroatoms. The summed E-state index contributed by atoms with van der Waals surface area (Å²) in [5.41, 5.74) is 4.09. The average molecular weight is 235 g/mol. The molecule has 0 aliphatic rings. The summed E-state index contributed by atoms with van der Waals surface area (Å²) >= 11 is 0. The molecule has 0 unspecified atom stereocenters. The Hall–Kier alpha value is -2.35. The van der Waals surface area contributed by atoms with Crippen LogP contribution in [0.15, 0.2) is 54.6 Å². The summed E-state index contributed by atoms with van der Waals surface area (Å²) in [4.78, 5) is 4.46. The molecule has 0 bridgehead atoms. The van der Waals surface area contributed by atoms with E-state index in [1.165, 1.54) is 5.56 Å². The number of fused-ring (bicyclic) bond motifs is 1. The highest BCUT2D eigenvalue weighted by Gasteiger charge is 2.06. The predicted molar refractivity (Wildman–Crippen MR) is 73.6 cm³/mol. The molecular weight excluding hydrogens is 222 g/mol. The number of hydrogen-bond donors (Lipinski definition) is 1. The first-order valence-electron chi connectivity index (χ1n) is 5.90. The van der Waals surface area contributed by atoms with Crippen molar-refractivity contribution in [1.29, 1.82) is 0 Å². The molecule has 0 fully saturated rings. The van der Waals surface area contributed by atoms with E-state index in [4.69, 9.17) is 0 Å². The molecule has 1 heterocycles. The van der Waals surface area contributed by atoms with Gasteiger partial charge in [-0.15, -0.1) is 0 Å². The highest BCUT2D eigenvalue weighted by molar-refractivity contribution is 5.95. The fraction of sp³-hybridized carbons (Fsp3) is 0.0625. The van der Waals surface area contributed by atoms with Crippen LogP contribution in [-0.4, -0.2) is 10.1 Å². The molecule has 3 aromatic rings. The molecule has 0 amide bonds. The maximum atomic E-state index is 9.54. The Morgan fingerprint density at radius 3 is 2.50 bits per heavy atom. The van der Waals surface area contributed by atoms with Gasteiger partial charge in [-0.3, -0.25) is 4.98 Å². The van der Waals surface area contributed by atoms with Gasteiger partial charge in [0.2, 0.25) is 0 Å². The zero-order chi connectivity index (χ0) is 12.5. The first-order valence-corrected chi connectivity index (χ1v) is 5.90. The average Bonchev–Trinajstić information content (AvgIpc) is 2.38. The van der Waals surface area contributed by atoms with E-state index in [0.29, 0.717) is 0 Å². The Balaban J connectivity index is 2.35. The van der Waals surface area contributed by atoms with Gasteiger partial charge >= 0.3 is 0 Å². The third-order valence-corrected chi connectivity index (χ3v) is 3.01. The second-order valence-electron chi connectivity index (χ2n) is 4.38. The molecule has 3 rings (SSSR count). The smallest absolute Gasteiger partial charge is 0.117 e. The Kier molecular flexibility index (Phi) is 2.49. The Bertz CT molecular complexity index is 700. The zero-order valence-electron chi connectivity index (χ0n) is 10.1. The lowest BCUT2D eigenvalue weighted by Gasteiger charge is -2.08. The van der Waals surface area contributed by atoms with Crippen molar-refractivity contribution in [3.8, 4) is 16.9 Å². The fourth-order valence-corrected chi connectivity index (χ4v) is 2.21. The van der Waals surface area contributed by atoms with Gasteiger partial charge in [0.15, 0.2) is 0 Å². The summed E-state index contributed by atoms with van der Waals surface area (Å²) in [6.07, 6.45) is 0. The SMILES string of the molecule is Cc1cc(-c2ccccc2)c2ccc(O)cc2n1. The van der Waals surface area contributed by atoms with Crippen LogP contribution in [0.1, 0.15) is 5.69 Å². The summed E-state index contributed by atoms with van der Waals surface area (Å²) in [5.74, 6) is 0.250. The quantitative estimate of drug-likeness (QED) is 0.693. The number of phenols is 1. The van der Waals surface area contributed by atoms with Crippen LogP contribution in [0.3, 0.4) is 0 Å². The van der Waals surface area contributed by atoms with E-state index in [1.807, 2.05) is 31.2 Å². The minimum absolute atomic E-state index is 0.250. The van der Waals surface area contributed by atoms with Crippen molar-refractivity contribution < 1.29 is 5.11 Å². The van der Waals surface area contributed by atoms with Crippen molar-refractivity contribution in [2.75, 3.05) is 0 Å². The van der Waals surface area contributed by atoms with Gasteiger partial charge in [0, 0.05) is 17.1 Å². The van der Waals surface area contributed by atoms with E-state index in [0.717, 1.165) is 22.2 Å². The van der Waals surface area contributed by atoms with Crippen LogP contribution in [0.25, 0.3) is 22.0 Å². The fourth-order valence-electron chi connectivity index (χ4n) is 2.21. The molecule has 88 valence electrons. The minimum atomic E-state index is 0.250. The number of benzene rings is 2. The van der Waals surface area contributed by atoms with Gasteiger partial charge < -0.3 is 5.11 Å². The Morgan fingerprint density at radius 2 is 1.72 bits per heavy atom. The largest absolute Gasteiger partial charge is 0.508 e. The van der Waals surface area contributed by atoms with E-state index in [9.17, 15) is 5.11 Å². The van der Waals surface area contributed by atoms with Crippen LogP contribution in [0.2, 0.25) is 0 Å². The summed E-state index contributed by atoms with van der Waals surface area (Å²) in [5, 5.41) is 10.6. The second-order valence-corrected chi connectivity index (χ2v) is 4.38. The molecule has 0 aliphatic heterocycles. The second kappa shape index (κ2) is 4.15. The normalized spacial score (nSPS) is 10.7. The number of pyridine rings is 1. The number of aromatic nitrogens is 1. The monoisotopic (exact) mass is 235 g/mol. The van der Waals surface area contributed by atoms with Crippen molar-refractivity contribution in [2.24, 2.45) is 0 Å². The lowest BCUT2D eigenvalue weighted by atomic mass is 10.0. The van der Waals surface area contributed by atoms with E-state index in [2.05, 4.69) is 23.2 Å². The molecule has 0 aliphatic carbocycles.